The zero-order chi connectivity index (χ0) is 20.2. The van der Waals surface area contributed by atoms with Crippen LogP contribution in [0.1, 0.15) is 44.1 Å². The van der Waals surface area contributed by atoms with Crippen LogP contribution in [0.15, 0.2) is 24.3 Å². The first-order valence-corrected chi connectivity index (χ1v) is 11.0. The summed E-state index contributed by atoms with van der Waals surface area (Å²) in [4.78, 5) is 29.2. The van der Waals surface area contributed by atoms with Crippen LogP contribution in [-0.4, -0.2) is 67.0 Å². The van der Waals surface area contributed by atoms with Gasteiger partial charge < -0.3 is 19.9 Å². The third-order valence-corrected chi connectivity index (χ3v) is 6.81. The molecule has 166 valence electrons. The topological polar surface area (TPSA) is 61.9 Å². The Balaban J connectivity index is 0.00000256. The number of piperazine rings is 1. The Kier molecular flexibility index (Phi) is 8.00. The molecule has 0 aliphatic carbocycles. The standard InChI is InChI=1S/C23H33N3O3.ClH/c1-29-21-7-2-17(3-8-21)4-9-22(27)25-10-12-26(13-11-25)23(28)16-18-14-19-5-6-20(15-18)24-19;/h2-3,7-8,18-20,24H,4-6,9-16H2,1H3;1H. The molecule has 3 aliphatic rings. The van der Waals surface area contributed by atoms with Crippen LogP contribution in [-0.2, 0) is 16.0 Å². The molecule has 30 heavy (non-hydrogen) atoms. The molecule has 7 heteroatoms. The highest BCUT2D eigenvalue weighted by molar-refractivity contribution is 5.85. The van der Waals surface area contributed by atoms with Gasteiger partial charge in [0.05, 0.1) is 7.11 Å². The number of benzene rings is 1. The number of carbonyl (C=O) groups is 2. The predicted octanol–water partition coefficient (Wildman–Crippen LogP) is 2.64. The van der Waals surface area contributed by atoms with E-state index in [0.717, 1.165) is 30.6 Å². The maximum absolute atomic E-state index is 12.7. The van der Waals surface area contributed by atoms with Crippen LogP contribution in [0.5, 0.6) is 5.75 Å². The van der Waals surface area contributed by atoms with Gasteiger partial charge >= 0.3 is 0 Å². The summed E-state index contributed by atoms with van der Waals surface area (Å²) in [5, 5.41) is 3.65. The minimum absolute atomic E-state index is 0. The Morgan fingerprint density at radius 2 is 1.53 bits per heavy atom. The van der Waals surface area contributed by atoms with Gasteiger partial charge in [0.25, 0.3) is 0 Å². The normalized spacial score (nSPS) is 25.6. The number of hydrogen-bond acceptors (Lipinski definition) is 4. The second kappa shape index (κ2) is 10.5. The van der Waals surface area contributed by atoms with Crippen molar-refractivity contribution < 1.29 is 14.3 Å². The molecule has 2 bridgehead atoms. The molecule has 4 rings (SSSR count). The Hall–Kier alpha value is -1.79. The molecule has 2 atom stereocenters. The number of hydrogen-bond donors (Lipinski definition) is 1. The lowest BCUT2D eigenvalue weighted by Gasteiger charge is -2.36. The van der Waals surface area contributed by atoms with Gasteiger partial charge in [-0.05, 0) is 55.7 Å². The highest BCUT2D eigenvalue weighted by atomic mass is 35.5. The molecule has 0 saturated carbocycles. The first kappa shape index (κ1) is 22.9. The maximum Gasteiger partial charge on any atom is 0.223 e. The molecule has 6 nitrogen and oxygen atoms in total. The minimum Gasteiger partial charge on any atom is -0.497 e. The molecule has 3 saturated heterocycles. The molecular formula is C23H34ClN3O3. The predicted molar refractivity (Wildman–Crippen MR) is 119 cm³/mol. The van der Waals surface area contributed by atoms with Gasteiger partial charge in [0.1, 0.15) is 5.75 Å². The van der Waals surface area contributed by atoms with Crippen LogP contribution < -0.4 is 10.1 Å². The summed E-state index contributed by atoms with van der Waals surface area (Å²) in [6.45, 7) is 2.66. The van der Waals surface area contributed by atoms with Crippen LogP contribution in [0.25, 0.3) is 0 Å². The van der Waals surface area contributed by atoms with Crippen molar-refractivity contribution in [3.8, 4) is 5.75 Å². The fraction of sp³-hybridized carbons (Fsp3) is 0.652. The first-order chi connectivity index (χ1) is 14.1. The van der Waals surface area contributed by atoms with Gasteiger partial charge in [-0.3, -0.25) is 9.59 Å². The molecule has 0 spiro atoms. The number of carbonyl (C=O) groups excluding carboxylic acids is 2. The second-order valence-corrected chi connectivity index (χ2v) is 8.79. The van der Waals surface area contributed by atoms with Crippen LogP contribution in [0.2, 0.25) is 0 Å². The molecule has 0 aromatic heterocycles. The number of ether oxygens (including phenoxy) is 1. The fourth-order valence-corrected chi connectivity index (χ4v) is 5.12. The van der Waals surface area contributed by atoms with Crippen LogP contribution in [0.4, 0.5) is 0 Å². The average molecular weight is 436 g/mol. The van der Waals surface area contributed by atoms with Crippen LogP contribution >= 0.6 is 12.4 Å². The zero-order valence-corrected chi connectivity index (χ0v) is 18.7. The van der Waals surface area contributed by atoms with E-state index in [2.05, 4.69) is 5.32 Å². The largest absolute Gasteiger partial charge is 0.497 e. The molecular weight excluding hydrogens is 402 g/mol. The zero-order valence-electron chi connectivity index (χ0n) is 17.8. The lowest BCUT2D eigenvalue weighted by Crippen LogP contribution is -2.51. The van der Waals surface area contributed by atoms with E-state index >= 15 is 0 Å². The number of methoxy groups -OCH3 is 1. The average Bonchev–Trinajstić information content (AvgIpc) is 3.10. The van der Waals surface area contributed by atoms with E-state index in [-0.39, 0.29) is 24.2 Å². The Morgan fingerprint density at radius 3 is 2.10 bits per heavy atom. The summed E-state index contributed by atoms with van der Waals surface area (Å²) >= 11 is 0. The molecule has 3 heterocycles. The summed E-state index contributed by atoms with van der Waals surface area (Å²) in [5.41, 5.74) is 1.14. The lowest BCUT2D eigenvalue weighted by atomic mass is 9.89. The number of nitrogens with one attached hydrogen (secondary N) is 1. The van der Waals surface area contributed by atoms with Crippen molar-refractivity contribution in [2.45, 2.75) is 57.0 Å². The Labute approximate surface area is 185 Å². The van der Waals surface area contributed by atoms with Gasteiger partial charge in [-0.25, -0.2) is 0 Å². The van der Waals surface area contributed by atoms with E-state index in [0.29, 0.717) is 57.0 Å². The van der Waals surface area contributed by atoms with E-state index in [9.17, 15) is 9.59 Å². The first-order valence-electron chi connectivity index (χ1n) is 11.0. The van der Waals surface area contributed by atoms with Crippen molar-refractivity contribution in [1.29, 1.82) is 0 Å². The van der Waals surface area contributed by atoms with Crippen molar-refractivity contribution in [2.75, 3.05) is 33.3 Å². The van der Waals surface area contributed by atoms with Gasteiger partial charge in [0.15, 0.2) is 0 Å². The van der Waals surface area contributed by atoms with Crippen molar-refractivity contribution in [3.05, 3.63) is 29.8 Å². The van der Waals surface area contributed by atoms with Crippen molar-refractivity contribution >= 4 is 24.2 Å². The van der Waals surface area contributed by atoms with E-state index in [1.54, 1.807) is 7.11 Å². The number of nitrogens with zero attached hydrogens (tertiary/aromatic N) is 2. The summed E-state index contributed by atoms with van der Waals surface area (Å²) in [5.74, 6) is 1.83. The molecule has 2 unspecified atom stereocenters. The molecule has 1 N–H and O–H groups in total. The molecule has 0 radical (unpaired) electrons. The number of aryl methyl sites for hydroxylation is 1. The van der Waals surface area contributed by atoms with E-state index in [4.69, 9.17) is 4.74 Å². The van der Waals surface area contributed by atoms with Crippen molar-refractivity contribution in [1.82, 2.24) is 15.1 Å². The quantitative estimate of drug-likeness (QED) is 0.746. The number of rotatable bonds is 6. The van der Waals surface area contributed by atoms with Gasteiger partial charge in [-0.2, -0.15) is 0 Å². The molecule has 2 amide bonds. The summed E-state index contributed by atoms with van der Waals surface area (Å²) in [7, 11) is 1.65. The number of fused-ring (bicyclic) bond motifs is 2. The van der Waals surface area contributed by atoms with Gasteiger partial charge in [-0.15, -0.1) is 12.4 Å². The van der Waals surface area contributed by atoms with Crippen molar-refractivity contribution in [3.63, 3.8) is 0 Å². The molecule has 1 aromatic carbocycles. The minimum atomic E-state index is 0. The van der Waals surface area contributed by atoms with E-state index in [1.807, 2.05) is 34.1 Å². The summed E-state index contributed by atoms with van der Waals surface area (Å²) in [6, 6.07) is 9.14. The number of halogens is 1. The van der Waals surface area contributed by atoms with Gasteiger partial charge in [0, 0.05) is 51.1 Å². The monoisotopic (exact) mass is 435 g/mol. The van der Waals surface area contributed by atoms with E-state index in [1.165, 1.54) is 12.8 Å². The fourth-order valence-electron chi connectivity index (χ4n) is 5.12. The summed E-state index contributed by atoms with van der Waals surface area (Å²) in [6.07, 6.45) is 6.76. The summed E-state index contributed by atoms with van der Waals surface area (Å²) < 4.78 is 5.17. The third-order valence-electron chi connectivity index (χ3n) is 6.81. The highest BCUT2D eigenvalue weighted by Gasteiger charge is 2.35. The Bertz CT molecular complexity index is 707. The van der Waals surface area contributed by atoms with Crippen LogP contribution in [0.3, 0.4) is 0 Å². The third kappa shape index (κ3) is 5.67. The molecule has 3 fully saturated rings. The maximum atomic E-state index is 12.7. The SMILES string of the molecule is COc1ccc(CCC(=O)N2CCN(C(=O)CC3CC4CCC(C3)N4)CC2)cc1.Cl. The number of amides is 2. The van der Waals surface area contributed by atoms with Gasteiger partial charge in [0.2, 0.25) is 11.8 Å². The lowest BCUT2D eigenvalue weighted by molar-refractivity contribution is -0.140. The number of piperidine rings is 1. The second-order valence-electron chi connectivity index (χ2n) is 8.79. The molecule has 3 aliphatic heterocycles. The van der Waals surface area contributed by atoms with Crippen LogP contribution in [0, 0.1) is 5.92 Å². The Morgan fingerprint density at radius 1 is 0.967 bits per heavy atom. The smallest absolute Gasteiger partial charge is 0.223 e. The molecule has 1 aromatic rings. The van der Waals surface area contributed by atoms with Gasteiger partial charge in [-0.1, -0.05) is 12.1 Å². The highest BCUT2D eigenvalue weighted by Crippen LogP contribution is 2.33. The van der Waals surface area contributed by atoms with E-state index < -0.39 is 0 Å². The van der Waals surface area contributed by atoms with Crippen molar-refractivity contribution in [2.24, 2.45) is 5.92 Å².